The summed E-state index contributed by atoms with van der Waals surface area (Å²) in [7, 11) is 0. The highest BCUT2D eigenvalue weighted by Crippen LogP contribution is 2.03. The highest BCUT2D eigenvalue weighted by Gasteiger charge is 2.17. The molecule has 0 aromatic heterocycles. The van der Waals surface area contributed by atoms with E-state index in [0.717, 1.165) is 0 Å². The van der Waals surface area contributed by atoms with Gasteiger partial charge in [-0.25, -0.2) is 0 Å². The fraction of sp³-hybridized carbons (Fsp3) is 1.00. The lowest BCUT2D eigenvalue weighted by Gasteiger charge is -2.21. The van der Waals surface area contributed by atoms with Gasteiger partial charge in [0.2, 0.25) is 0 Å². The van der Waals surface area contributed by atoms with E-state index in [1.807, 2.05) is 13.8 Å². The second-order valence-electron chi connectivity index (χ2n) is 3.17. The largest absolute Gasteiger partial charge is 0.388 e. The molecule has 0 spiro atoms. The van der Waals surface area contributed by atoms with Crippen LogP contribution < -0.4 is 5.32 Å². The van der Waals surface area contributed by atoms with E-state index < -0.39 is 5.60 Å². The average molecular weight is 166 g/mol. The van der Waals surface area contributed by atoms with Gasteiger partial charge < -0.3 is 10.4 Å². The summed E-state index contributed by atoms with van der Waals surface area (Å²) >= 11 is 5.49. The smallest absolute Gasteiger partial charge is 0.0878 e. The summed E-state index contributed by atoms with van der Waals surface area (Å²) in [5, 5.41) is 12.5. The number of rotatable bonds is 4. The molecule has 0 amide bonds. The first-order valence-corrected chi connectivity index (χ1v) is 4.03. The molecule has 2 nitrogen and oxygen atoms in total. The molecule has 62 valence electrons. The van der Waals surface area contributed by atoms with Crippen LogP contribution in [-0.4, -0.2) is 29.2 Å². The third-order valence-corrected chi connectivity index (χ3v) is 1.75. The molecule has 0 fully saturated rings. The average Bonchev–Trinajstić information content (AvgIpc) is 1.85. The van der Waals surface area contributed by atoms with Crippen LogP contribution >= 0.6 is 11.6 Å². The van der Waals surface area contributed by atoms with Crippen molar-refractivity contribution >= 4 is 11.6 Å². The SMILES string of the molecule is CC(C)NCC(C)(O)CCl. The fourth-order valence-corrected chi connectivity index (χ4v) is 0.566. The summed E-state index contributed by atoms with van der Waals surface area (Å²) in [6, 6.07) is 0.398. The third-order valence-electron chi connectivity index (χ3n) is 1.18. The van der Waals surface area contributed by atoms with Crippen LogP contribution in [0.5, 0.6) is 0 Å². The van der Waals surface area contributed by atoms with Crippen molar-refractivity contribution in [2.45, 2.75) is 32.4 Å². The molecular formula is C7H16ClNO. The number of nitrogens with one attached hydrogen (secondary N) is 1. The molecule has 0 radical (unpaired) electrons. The van der Waals surface area contributed by atoms with Crippen molar-refractivity contribution in [3.05, 3.63) is 0 Å². The van der Waals surface area contributed by atoms with Crippen molar-refractivity contribution in [2.75, 3.05) is 12.4 Å². The second kappa shape index (κ2) is 4.16. The van der Waals surface area contributed by atoms with Crippen LogP contribution in [0.1, 0.15) is 20.8 Å². The quantitative estimate of drug-likeness (QED) is 0.609. The molecule has 0 bridgehead atoms. The normalized spacial score (nSPS) is 17.4. The van der Waals surface area contributed by atoms with E-state index in [-0.39, 0.29) is 5.88 Å². The van der Waals surface area contributed by atoms with Crippen LogP contribution in [0.3, 0.4) is 0 Å². The van der Waals surface area contributed by atoms with Crippen LogP contribution in [0.2, 0.25) is 0 Å². The number of alkyl halides is 1. The van der Waals surface area contributed by atoms with Crippen molar-refractivity contribution in [3.63, 3.8) is 0 Å². The van der Waals surface area contributed by atoms with Gasteiger partial charge in [-0.15, -0.1) is 11.6 Å². The maximum atomic E-state index is 9.38. The lowest BCUT2D eigenvalue weighted by Crippen LogP contribution is -2.41. The fourth-order valence-electron chi connectivity index (χ4n) is 0.471. The zero-order valence-corrected chi connectivity index (χ0v) is 7.57. The Kier molecular flexibility index (Phi) is 4.25. The Hall–Kier alpha value is 0.210. The Morgan fingerprint density at radius 2 is 2.10 bits per heavy atom. The lowest BCUT2D eigenvalue weighted by atomic mass is 10.1. The minimum absolute atomic E-state index is 0.271. The summed E-state index contributed by atoms with van der Waals surface area (Å²) in [4.78, 5) is 0. The van der Waals surface area contributed by atoms with E-state index in [1.54, 1.807) is 6.92 Å². The summed E-state index contributed by atoms with van der Waals surface area (Å²) in [5.41, 5.74) is -0.772. The van der Waals surface area contributed by atoms with Gasteiger partial charge in [0.15, 0.2) is 0 Å². The van der Waals surface area contributed by atoms with Crippen molar-refractivity contribution in [2.24, 2.45) is 0 Å². The van der Waals surface area contributed by atoms with Gasteiger partial charge in [0.1, 0.15) is 0 Å². The van der Waals surface area contributed by atoms with E-state index in [1.165, 1.54) is 0 Å². The molecule has 1 atom stereocenters. The van der Waals surface area contributed by atoms with Crippen LogP contribution in [0.4, 0.5) is 0 Å². The van der Waals surface area contributed by atoms with Crippen molar-refractivity contribution in [3.8, 4) is 0 Å². The monoisotopic (exact) mass is 165 g/mol. The van der Waals surface area contributed by atoms with Crippen LogP contribution in [0, 0.1) is 0 Å². The molecule has 0 aromatic carbocycles. The molecule has 0 aliphatic rings. The highest BCUT2D eigenvalue weighted by atomic mass is 35.5. The number of hydrogen-bond acceptors (Lipinski definition) is 2. The van der Waals surface area contributed by atoms with Gasteiger partial charge in [0, 0.05) is 12.6 Å². The Labute approximate surface area is 67.6 Å². The lowest BCUT2D eigenvalue weighted by molar-refractivity contribution is 0.0812. The molecule has 1 unspecified atom stereocenters. The summed E-state index contributed by atoms with van der Waals surface area (Å²) < 4.78 is 0. The standard InChI is InChI=1S/C7H16ClNO/c1-6(2)9-5-7(3,10)4-8/h6,9-10H,4-5H2,1-3H3. The van der Waals surface area contributed by atoms with E-state index in [4.69, 9.17) is 11.6 Å². The van der Waals surface area contributed by atoms with E-state index >= 15 is 0 Å². The number of hydrogen-bond donors (Lipinski definition) is 2. The summed E-state index contributed by atoms with van der Waals surface area (Å²) in [5.74, 6) is 0.271. The molecular weight excluding hydrogens is 150 g/mol. The van der Waals surface area contributed by atoms with E-state index in [0.29, 0.717) is 12.6 Å². The third kappa shape index (κ3) is 5.03. The maximum Gasteiger partial charge on any atom is 0.0878 e. The zero-order valence-electron chi connectivity index (χ0n) is 6.82. The Bertz CT molecular complexity index is 93.6. The predicted molar refractivity (Wildman–Crippen MR) is 44.5 cm³/mol. The molecule has 0 saturated heterocycles. The van der Waals surface area contributed by atoms with Crippen molar-refractivity contribution < 1.29 is 5.11 Å². The molecule has 0 rings (SSSR count). The predicted octanol–water partition coefficient (Wildman–Crippen LogP) is 0.974. The van der Waals surface area contributed by atoms with E-state index in [2.05, 4.69) is 5.32 Å². The highest BCUT2D eigenvalue weighted by molar-refractivity contribution is 6.18. The summed E-state index contributed by atoms with van der Waals surface area (Å²) in [6.07, 6.45) is 0. The number of aliphatic hydroxyl groups is 1. The van der Waals surface area contributed by atoms with Gasteiger partial charge in [0.25, 0.3) is 0 Å². The van der Waals surface area contributed by atoms with Gasteiger partial charge in [-0.2, -0.15) is 0 Å². The van der Waals surface area contributed by atoms with Gasteiger partial charge in [-0.3, -0.25) is 0 Å². The number of halogens is 1. The molecule has 0 aliphatic carbocycles. The Morgan fingerprint density at radius 1 is 1.60 bits per heavy atom. The van der Waals surface area contributed by atoms with Crippen LogP contribution in [0.15, 0.2) is 0 Å². The molecule has 0 aromatic rings. The first-order valence-electron chi connectivity index (χ1n) is 3.49. The first kappa shape index (κ1) is 10.2. The molecule has 10 heavy (non-hydrogen) atoms. The van der Waals surface area contributed by atoms with Crippen molar-refractivity contribution in [1.82, 2.24) is 5.32 Å². The molecule has 0 heterocycles. The van der Waals surface area contributed by atoms with Gasteiger partial charge in [-0.1, -0.05) is 13.8 Å². The minimum atomic E-state index is -0.772. The van der Waals surface area contributed by atoms with Gasteiger partial charge >= 0.3 is 0 Å². The van der Waals surface area contributed by atoms with Gasteiger partial charge in [0.05, 0.1) is 11.5 Å². The second-order valence-corrected chi connectivity index (χ2v) is 3.43. The van der Waals surface area contributed by atoms with Crippen LogP contribution in [0.25, 0.3) is 0 Å². The Balaban J connectivity index is 3.46. The first-order chi connectivity index (χ1) is 4.48. The summed E-state index contributed by atoms with van der Waals surface area (Å²) in [6.45, 7) is 6.33. The molecule has 0 aliphatic heterocycles. The molecule has 0 saturated carbocycles. The van der Waals surface area contributed by atoms with E-state index in [9.17, 15) is 5.11 Å². The topological polar surface area (TPSA) is 32.3 Å². The Morgan fingerprint density at radius 3 is 2.40 bits per heavy atom. The molecule has 3 heteroatoms. The minimum Gasteiger partial charge on any atom is -0.388 e. The molecule has 2 N–H and O–H groups in total. The van der Waals surface area contributed by atoms with Crippen LogP contribution in [-0.2, 0) is 0 Å². The maximum absolute atomic E-state index is 9.38. The van der Waals surface area contributed by atoms with Gasteiger partial charge in [-0.05, 0) is 6.92 Å². The zero-order chi connectivity index (χ0) is 8.20. The van der Waals surface area contributed by atoms with Crippen molar-refractivity contribution in [1.29, 1.82) is 0 Å².